The minimum absolute atomic E-state index is 0.167. The van der Waals surface area contributed by atoms with Crippen LogP contribution in [0.2, 0.25) is 0 Å². The van der Waals surface area contributed by atoms with E-state index in [1.54, 1.807) is 0 Å². The zero-order valence-electron chi connectivity index (χ0n) is 12.4. The molecule has 0 saturated heterocycles. The van der Waals surface area contributed by atoms with E-state index in [-0.39, 0.29) is 6.61 Å². The summed E-state index contributed by atoms with van der Waals surface area (Å²) in [5.41, 5.74) is 0. The van der Waals surface area contributed by atoms with Crippen molar-refractivity contribution in [3.63, 3.8) is 0 Å². The Morgan fingerprint density at radius 1 is 0.842 bits per heavy atom. The van der Waals surface area contributed by atoms with Gasteiger partial charge in [-0.15, -0.1) is 13.2 Å². The van der Waals surface area contributed by atoms with Crippen molar-refractivity contribution in [2.45, 2.75) is 71.1 Å². The summed E-state index contributed by atoms with van der Waals surface area (Å²) in [5, 5.41) is 0. The molecule has 0 amide bonds. The number of hydrogen-bond acceptors (Lipinski definition) is 2. The first-order chi connectivity index (χ1) is 9.06. The third-order valence-corrected chi connectivity index (χ3v) is 3.28. The Bertz CT molecular complexity index is 215. The molecule has 0 atom stereocenters. The highest BCUT2D eigenvalue weighted by atomic mass is 31.2. The van der Waals surface area contributed by atoms with E-state index >= 15 is 0 Å². The van der Waals surface area contributed by atoms with Crippen molar-refractivity contribution in [1.29, 1.82) is 0 Å². The number of phosphoric ester groups is 1. The molecule has 0 rings (SSSR count). The second-order valence-corrected chi connectivity index (χ2v) is 5.75. The molecule has 4 nitrogen and oxygen atoms in total. The van der Waals surface area contributed by atoms with Crippen molar-refractivity contribution < 1.29 is 18.9 Å². The van der Waals surface area contributed by atoms with Gasteiger partial charge in [-0.1, -0.05) is 64.7 Å². The van der Waals surface area contributed by atoms with E-state index in [1.165, 1.54) is 44.9 Å². The molecule has 0 fully saturated rings. The first kappa shape index (κ1) is 21.2. The van der Waals surface area contributed by atoms with Crippen LogP contribution in [-0.2, 0) is 9.09 Å². The number of rotatable bonds is 12. The molecule has 2 N–H and O–H groups in total. The normalized spacial score (nSPS) is 10.9. The van der Waals surface area contributed by atoms with Crippen LogP contribution in [0.5, 0.6) is 0 Å². The van der Waals surface area contributed by atoms with Gasteiger partial charge >= 0.3 is 7.82 Å². The molecule has 0 heterocycles. The van der Waals surface area contributed by atoms with Crippen LogP contribution in [0.25, 0.3) is 0 Å². The average Bonchev–Trinajstić information content (AvgIpc) is 2.37. The second-order valence-electron chi connectivity index (χ2n) is 4.51. The summed E-state index contributed by atoms with van der Waals surface area (Å²) in [6.45, 7) is 8.39. The Morgan fingerprint density at radius 2 is 1.21 bits per heavy atom. The predicted molar refractivity (Wildman–Crippen MR) is 81.1 cm³/mol. The summed E-state index contributed by atoms with van der Waals surface area (Å²) < 4.78 is 14.7. The molecule has 0 saturated carbocycles. The van der Waals surface area contributed by atoms with Crippen LogP contribution in [0.4, 0.5) is 0 Å². The van der Waals surface area contributed by atoms with Gasteiger partial charge in [0, 0.05) is 0 Å². The van der Waals surface area contributed by atoms with Gasteiger partial charge in [-0.2, -0.15) is 0 Å². The number of unbranched alkanes of at least 4 members (excludes halogenated alkanes) is 9. The van der Waals surface area contributed by atoms with Gasteiger partial charge in [-0.3, -0.25) is 4.52 Å². The summed E-state index contributed by atoms with van der Waals surface area (Å²) in [6.07, 6.45) is 12.0. The zero-order chi connectivity index (χ0) is 15.0. The van der Waals surface area contributed by atoms with E-state index < -0.39 is 7.82 Å². The fourth-order valence-electron chi connectivity index (χ4n) is 1.77. The lowest BCUT2D eigenvalue weighted by Crippen LogP contribution is -1.92. The molecular formula is C14H31O4P. The van der Waals surface area contributed by atoms with E-state index in [1.807, 2.05) is 0 Å². The Hall–Kier alpha value is -0.150. The lowest BCUT2D eigenvalue weighted by atomic mass is 10.1. The highest BCUT2D eigenvalue weighted by Gasteiger charge is 2.12. The van der Waals surface area contributed by atoms with Crippen LogP contribution in [0.15, 0.2) is 13.2 Å². The van der Waals surface area contributed by atoms with Crippen molar-refractivity contribution >= 4 is 7.82 Å². The van der Waals surface area contributed by atoms with Crippen molar-refractivity contribution in [1.82, 2.24) is 0 Å². The summed E-state index contributed by atoms with van der Waals surface area (Å²) in [6, 6.07) is 0. The number of hydrogen-bond donors (Lipinski definition) is 2. The maximum Gasteiger partial charge on any atom is 0.469 e. The Morgan fingerprint density at radius 3 is 1.58 bits per heavy atom. The fraction of sp³-hybridized carbons (Fsp3) is 0.857. The molecule has 19 heavy (non-hydrogen) atoms. The molecule has 0 bridgehead atoms. The number of phosphoric acid groups is 1. The van der Waals surface area contributed by atoms with E-state index in [2.05, 4.69) is 24.6 Å². The van der Waals surface area contributed by atoms with Crippen molar-refractivity contribution in [3.8, 4) is 0 Å². The first-order valence-corrected chi connectivity index (χ1v) is 8.79. The Labute approximate surface area is 118 Å². The van der Waals surface area contributed by atoms with Gasteiger partial charge in [0.1, 0.15) is 0 Å². The molecular weight excluding hydrogens is 263 g/mol. The summed E-state index contributed by atoms with van der Waals surface area (Å²) in [4.78, 5) is 16.9. The highest BCUT2D eigenvalue weighted by Crippen LogP contribution is 2.35. The summed E-state index contributed by atoms with van der Waals surface area (Å²) in [7, 11) is -4.24. The second kappa shape index (κ2) is 15.9. The van der Waals surface area contributed by atoms with Gasteiger partial charge in [-0.05, 0) is 6.42 Å². The van der Waals surface area contributed by atoms with Crippen molar-refractivity contribution in [2.24, 2.45) is 0 Å². The van der Waals surface area contributed by atoms with Gasteiger partial charge in [-0.25, -0.2) is 4.57 Å². The zero-order valence-corrected chi connectivity index (χ0v) is 13.2. The van der Waals surface area contributed by atoms with Crippen molar-refractivity contribution in [2.75, 3.05) is 6.61 Å². The molecule has 0 radical (unpaired) electrons. The smallest absolute Gasteiger partial charge is 0.303 e. The average molecular weight is 294 g/mol. The van der Waals surface area contributed by atoms with Gasteiger partial charge in [0.2, 0.25) is 0 Å². The molecule has 0 unspecified atom stereocenters. The van der Waals surface area contributed by atoms with Crippen LogP contribution >= 0.6 is 7.82 Å². The third-order valence-electron chi connectivity index (χ3n) is 2.76. The van der Waals surface area contributed by atoms with Crippen LogP contribution in [0, 0.1) is 0 Å². The maximum absolute atomic E-state index is 10.4. The fourth-order valence-corrected chi connectivity index (χ4v) is 2.14. The highest BCUT2D eigenvalue weighted by molar-refractivity contribution is 7.46. The molecule has 5 heteroatoms. The Kier molecular flexibility index (Phi) is 17.7. The summed E-state index contributed by atoms with van der Waals surface area (Å²) >= 11 is 0. The topological polar surface area (TPSA) is 66.8 Å². The molecule has 0 aliphatic heterocycles. The minimum Gasteiger partial charge on any atom is -0.303 e. The van der Waals surface area contributed by atoms with E-state index in [0.717, 1.165) is 19.3 Å². The predicted octanol–water partition coefficient (Wildman–Crippen LogP) is 4.82. The van der Waals surface area contributed by atoms with Gasteiger partial charge < -0.3 is 9.79 Å². The molecule has 0 aromatic carbocycles. The molecule has 0 aromatic rings. The quantitative estimate of drug-likeness (QED) is 0.308. The monoisotopic (exact) mass is 294 g/mol. The first-order valence-electron chi connectivity index (χ1n) is 7.26. The molecule has 116 valence electrons. The van der Waals surface area contributed by atoms with Crippen molar-refractivity contribution in [3.05, 3.63) is 13.2 Å². The van der Waals surface area contributed by atoms with Gasteiger partial charge in [0.25, 0.3) is 0 Å². The third kappa shape index (κ3) is 23.4. The van der Waals surface area contributed by atoms with Gasteiger partial charge in [0.15, 0.2) is 0 Å². The van der Waals surface area contributed by atoms with E-state index in [0.29, 0.717) is 0 Å². The van der Waals surface area contributed by atoms with E-state index in [9.17, 15) is 4.57 Å². The lowest BCUT2D eigenvalue weighted by molar-refractivity contribution is 0.193. The SMILES string of the molecule is C=C.CCCCCCCCCCCCOP(=O)(O)O. The van der Waals surface area contributed by atoms with Crippen LogP contribution in [0.3, 0.4) is 0 Å². The summed E-state index contributed by atoms with van der Waals surface area (Å²) in [5.74, 6) is 0. The molecule has 0 aliphatic carbocycles. The van der Waals surface area contributed by atoms with Gasteiger partial charge in [0.05, 0.1) is 6.61 Å². The van der Waals surface area contributed by atoms with Crippen LogP contribution in [0.1, 0.15) is 71.1 Å². The largest absolute Gasteiger partial charge is 0.469 e. The molecule has 0 aromatic heterocycles. The molecule has 0 aliphatic rings. The van der Waals surface area contributed by atoms with Crippen LogP contribution < -0.4 is 0 Å². The standard InChI is InChI=1S/C12H27O4P.C2H4/c1-2-3-4-5-6-7-8-9-10-11-12-16-17(13,14)15;1-2/h2-12H2,1H3,(H2,13,14,15);1-2H2. The molecule has 0 spiro atoms. The lowest BCUT2D eigenvalue weighted by Gasteiger charge is -2.05. The van der Waals surface area contributed by atoms with Crippen LogP contribution in [-0.4, -0.2) is 16.4 Å². The minimum atomic E-state index is -4.24. The Balaban J connectivity index is 0. The maximum atomic E-state index is 10.4. The van der Waals surface area contributed by atoms with E-state index in [4.69, 9.17) is 9.79 Å².